The summed E-state index contributed by atoms with van der Waals surface area (Å²) in [4.78, 5) is 25.4. The number of carbonyl (C=O) groups excluding carboxylic acids is 1. The van der Waals surface area contributed by atoms with Crippen molar-refractivity contribution in [2.75, 3.05) is 26.6 Å². The monoisotopic (exact) mass is 512 g/mol. The van der Waals surface area contributed by atoms with Crippen LogP contribution in [0.15, 0.2) is 47.3 Å². The maximum Gasteiger partial charge on any atom is 0.217 e. The number of ether oxygens (including phenoxy) is 3. The highest BCUT2D eigenvalue weighted by Gasteiger charge is 2.29. The molecule has 9 heteroatoms. The molecule has 0 aliphatic heterocycles. The molecule has 2 N–H and O–H groups in total. The average molecular weight is 513 g/mol. The van der Waals surface area contributed by atoms with Gasteiger partial charge in [-0.2, -0.15) is 0 Å². The number of benzene rings is 2. The van der Waals surface area contributed by atoms with Crippen molar-refractivity contribution >= 4 is 28.9 Å². The predicted octanol–water partition coefficient (Wildman–Crippen LogP) is 5.40. The van der Waals surface area contributed by atoms with Gasteiger partial charge in [-0.1, -0.05) is 17.7 Å². The lowest BCUT2D eigenvalue weighted by Gasteiger charge is -2.19. The quantitative estimate of drug-likeness (QED) is 0.460. The maximum atomic E-state index is 13.6. The smallest absolute Gasteiger partial charge is 0.217 e. The SMILES string of the molecule is COc1cc2c(c(OC)c1OC)-c1ccc(Nc3ccc(F)c(Cl)c3)c(=O)cc1C(NC(C)=O)CC2. The van der Waals surface area contributed by atoms with Gasteiger partial charge in [0.2, 0.25) is 17.1 Å². The summed E-state index contributed by atoms with van der Waals surface area (Å²) in [5, 5.41) is 5.93. The van der Waals surface area contributed by atoms with E-state index in [0.717, 1.165) is 11.1 Å². The fourth-order valence-electron chi connectivity index (χ4n) is 4.54. The number of fused-ring (bicyclic) bond motifs is 3. The van der Waals surface area contributed by atoms with Crippen molar-refractivity contribution in [1.82, 2.24) is 5.32 Å². The second-order valence-electron chi connectivity index (χ2n) is 8.35. The Morgan fingerprint density at radius 2 is 1.78 bits per heavy atom. The fourth-order valence-corrected chi connectivity index (χ4v) is 4.72. The van der Waals surface area contributed by atoms with Crippen molar-refractivity contribution in [3.8, 4) is 28.4 Å². The van der Waals surface area contributed by atoms with Crippen LogP contribution in [0.4, 0.5) is 15.8 Å². The Kier molecular flexibility index (Phi) is 7.35. The Morgan fingerprint density at radius 3 is 2.42 bits per heavy atom. The van der Waals surface area contributed by atoms with Crippen LogP contribution in [0.1, 0.15) is 30.5 Å². The van der Waals surface area contributed by atoms with Crippen LogP contribution in [0.3, 0.4) is 0 Å². The lowest BCUT2D eigenvalue weighted by molar-refractivity contribution is -0.119. The standard InChI is InChI=1S/C27H26ClFN2O5/c1-14(32)30-21-9-5-15-11-24(34-2)26(35-3)27(36-4)25(15)17-7-10-22(23(33)13-18(17)21)31-16-6-8-20(29)19(28)12-16/h6-8,10-13,21H,5,9H2,1-4H3,(H,30,32)(H,31,33). The zero-order valence-electron chi connectivity index (χ0n) is 20.3. The molecule has 0 saturated heterocycles. The van der Waals surface area contributed by atoms with Crippen molar-refractivity contribution in [2.24, 2.45) is 0 Å². The largest absolute Gasteiger partial charge is 0.493 e. The van der Waals surface area contributed by atoms with Crippen LogP contribution in [0, 0.1) is 5.82 Å². The van der Waals surface area contributed by atoms with Crippen molar-refractivity contribution in [3.05, 3.63) is 74.7 Å². The summed E-state index contributed by atoms with van der Waals surface area (Å²) in [6.07, 6.45) is 1.15. The van der Waals surface area contributed by atoms with E-state index in [-0.39, 0.29) is 22.0 Å². The van der Waals surface area contributed by atoms with Crippen LogP contribution in [-0.2, 0) is 11.2 Å². The molecule has 1 unspecified atom stereocenters. The third-order valence-electron chi connectivity index (χ3n) is 6.11. The first-order chi connectivity index (χ1) is 17.3. The first kappa shape index (κ1) is 25.3. The Bertz CT molecular complexity index is 1400. The zero-order chi connectivity index (χ0) is 26.0. The van der Waals surface area contributed by atoms with Gasteiger partial charge in [0.15, 0.2) is 11.5 Å². The van der Waals surface area contributed by atoms with Gasteiger partial charge in [0.1, 0.15) is 5.82 Å². The molecular weight excluding hydrogens is 487 g/mol. The van der Waals surface area contributed by atoms with Crippen LogP contribution < -0.4 is 30.3 Å². The molecule has 0 heterocycles. The van der Waals surface area contributed by atoms with Crippen LogP contribution in [0.2, 0.25) is 5.02 Å². The third kappa shape index (κ3) is 4.81. The molecule has 3 aromatic carbocycles. The molecule has 7 nitrogen and oxygen atoms in total. The van der Waals surface area contributed by atoms with Gasteiger partial charge < -0.3 is 24.8 Å². The first-order valence-electron chi connectivity index (χ1n) is 11.3. The summed E-state index contributed by atoms with van der Waals surface area (Å²) in [5.74, 6) is 0.650. The topological polar surface area (TPSA) is 85.9 Å². The minimum Gasteiger partial charge on any atom is -0.493 e. The van der Waals surface area contributed by atoms with Crippen LogP contribution in [-0.4, -0.2) is 27.2 Å². The number of anilines is 2. The highest BCUT2D eigenvalue weighted by Crippen LogP contribution is 2.50. The molecule has 1 atom stereocenters. The number of carbonyl (C=O) groups is 1. The summed E-state index contributed by atoms with van der Waals surface area (Å²) < 4.78 is 30.5. The molecule has 0 bridgehead atoms. The summed E-state index contributed by atoms with van der Waals surface area (Å²) in [6.45, 7) is 1.44. The Balaban J connectivity index is 1.97. The van der Waals surface area contributed by atoms with E-state index in [1.165, 1.54) is 38.3 Å². The van der Waals surface area contributed by atoms with Gasteiger partial charge >= 0.3 is 0 Å². The van der Waals surface area contributed by atoms with Crippen LogP contribution in [0.5, 0.6) is 17.2 Å². The molecule has 3 aromatic rings. The number of amides is 1. The van der Waals surface area contributed by atoms with Crippen molar-refractivity contribution in [3.63, 3.8) is 0 Å². The number of aryl methyl sites for hydroxylation is 1. The zero-order valence-corrected chi connectivity index (χ0v) is 21.1. The molecule has 4 rings (SSSR count). The van der Waals surface area contributed by atoms with Crippen LogP contribution >= 0.6 is 11.6 Å². The average Bonchev–Trinajstić information content (AvgIpc) is 3.09. The third-order valence-corrected chi connectivity index (χ3v) is 6.40. The summed E-state index contributed by atoms with van der Waals surface area (Å²) in [6, 6.07) is 10.6. The Morgan fingerprint density at radius 1 is 1.03 bits per heavy atom. The minimum absolute atomic E-state index is 0.0611. The molecule has 0 saturated carbocycles. The van der Waals surface area contributed by atoms with Crippen molar-refractivity contribution in [1.29, 1.82) is 0 Å². The maximum absolute atomic E-state index is 13.6. The van der Waals surface area contributed by atoms with E-state index in [2.05, 4.69) is 10.6 Å². The minimum atomic E-state index is -0.555. The first-order valence-corrected chi connectivity index (χ1v) is 11.6. The Labute approximate surface area is 213 Å². The molecule has 188 valence electrons. The second kappa shape index (κ2) is 10.5. The lowest BCUT2D eigenvalue weighted by Crippen LogP contribution is -2.26. The molecule has 0 radical (unpaired) electrons. The summed E-state index contributed by atoms with van der Waals surface area (Å²) in [7, 11) is 4.62. The van der Waals surface area contributed by atoms with Gasteiger partial charge in [-0.3, -0.25) is 9.59 Å². The predicted molar refractivity (Wildman–Crippen MR) is 137 cm³/mol. The van der Waals surface area contributed by atoms with E-state index in [0.29, 0.717) is 46.9 Å². The van der Waals surface area contributed by atoms with Gasteiger partial charge in [0.25, 0.3) is 0 Å². The molecule has 0 spiro atoms. The van der Waals surface area contributed by atoms with Gasteiger partial charge in [0.05, 0.1) is 38.1 Å². The summed E-state index contributed by atoms with van der Waals surface area (Å²) in [5.41, 5.74) is 3.44. The van der Waals surface area contributed by atoms with E-state index in [4.69, 9.17) is 25.8 Å². The van der Waals surface area contributed by atoms with E-state index in [1.807, 2.05) is 6.07 Å². The Hall–Kier alpha value is -3.78. The number of rotatable bonds is 6. The molecule has 1 amide bonds. The number of hydrogen-bond donors (Lipinski definition) is 2. The molecule has 36 heavy (non-hydrogen) atoms. The van der Waals surface area contributed by atoms with E-state index >= 15 is 0 Å². The molecule has 1 aliphatic rings. The number of methoxy groups -OCH3 is 3. The number of halogens is 2. The molecular formula is C27H26ClFN2O5. The van der Waals surface area contributed by atoms with Crippen LogP contribution in [0.25, 0.3) is 11.1 Å². The van der Waals surface area contributed by atoms with E-state index in [9.17, 15) is 14.0 Å². The van der Waals surface area contributed by atoms with Crippen molar-refractivity contribution < 1.29 is 23.4 Å². The molecule has 0 fully saturated rings. The van der Waals surface area contributed by atoms with Gasteiger partial charge in [0, 0.05) is 18.2 Å². The van der Waals surface area contributed by atoms with Crippen molar-refractivity contribution in [2.45, 2.75) is 25.8 Å². The normalized spacial score (nSPS) is 14.1. The summed E-state index contributed by atoms with van der Waals surface area (Å²) >= 11 is 5.91. The number of hydrogen-bond acceptors (Lipinski definition) is 6. The molecule has 1 aliphatic carbocycles. The second-order valence-corrected chi connectivity index (χ2v) is 8.76. The highest BCUT2D eigenvalue weighted by molar-refractivity contribution is 6.31. The molecule has 0 aromatic heterocycles. The van der Waals surface area contributed by atoms with E-state index < -0.39 is 11.9 Å². The fraction of sp³-hybridized carbons (Fsp3) is 0.259. The lowest BCUT2D eigenvalue weighted by atomic mass is 9.95. The highest BCUT2D eigenvalue weighted by atomic mass is 35.5. The van der Waals surface area contributed by atoms with E-state index in [1.54, 1.807) is 26.4 Å². The van der Waals surface area contributed by atoms with Gasteiger partial charge in [-0.25, -0.2) is 4.39 Å². The number of nitrogens with one attached hydrogen (secondary N) is 2. The van der Waals surface area contributed by atoms with Gasteiger partial charge in [-0.05, 0) is 65.9 Å². The van der Waals surface area contributed by atoms with Gasteiger partial charge in [-0.15, -0.1) is 0 Å².